The summed E-state index contributed by atoms with van der Waals surface area (Å²) in [6.07, 6.45) is 0.965. The van der Waals surface area contributed by atoms with E-state index in [1.807, 2.05) is 38.1 Å². The lowest BCUT2D eigenvalue weighted by Crippen LogP contribution is -2.19. The lowest BCUT2D eigenvalue weighted by atomic mass is 10.0. The number of nitrogens with zero attached hydrogens (tertiary/aromatic N) is 2. The molecular formula is C24H27FN2O4. The summed E-state index contributed by atoms with van der Waals surface area (Å²) in [5, 5.41) is 8.11. The second-order valence-corrected chi connectivity index (χ2v) is 7.74. The van der Waals surface area contributed by atoms with E-state index in [4.69, 9.17) is 14.4 Å². The van der Waals surface area contributed by atoms with E-state index in [2.05, 4.69) is 10.3 Å². The van der Waals surface area contributed by atoms with Gasteiger partial charge in [-0.3, -0.25) is 0 Å². The van der Waals surface area contributed by atoms with Crippen molar-refractivity contribution in [3.63, 3.8) is 0 Å². The average Bonchev–Trinajstić information content (AvgIpc) is 3.55. The molecule has 0 bridgehead atoms. The number of methoxy groups -OCH3 is 1. The van der Waals surface area contributed by atoms with E-state index in [1.54, 1.807) is 13.0 Å². The number of carbonyl (C=O) groups is 1. The third kappa shape index (κ3) is 5.29. The average molecular weight is 426 g/mol. The van der Waals surface area contributed by atoms with Crippen LogP contribution in [0.1, 0.15) is 47.1 Å². The Bertz CT molecular complexity index is 1030. The van der Waals surface area contributed by atoms with Crippen LogP contribution in [0, 0.1) is 25.6 Å². The number of aryl methyl sites for hydroxylation is 2. The number of oxime groups is 2. The molecule has 1 aliphatic rings. The van der Waals surface area contributed by atoms with Gasteiger partial charge in [-0.1, -0.05) is 46.2 Å². The molecule has 2 aromatic rings. The Balaban J connectivity index is 1.70. The summed E-state index contributed by atoms with van der Waals surface area (Å²) < 4.78 is 18.3. The molecule has 31 heavy (non-hydrogen) atoms. The minimum atomic E-state index is -0.595. The number of ether oxygens (including phenoxy) is 1. The Morgan fingerprint density at radius 2 is 1.90 bits per heavy atom. The molecule has 2 unspecified atom stereocenters. The summed E-state index contributed by atoms with van der Waals surface area (Å²) in [5.74, 6) is -0.169. The van der Waals surface area contributed by atoms with Crippen LogP contribution in [0.5, 0.6) is 0 Å². The van der Waals surface area contributed by atoms with Gasteiger partial charge in [0.1, 0.15) is 19.5 Å². The number of hydrogen-bond acceptors (Lipinski definition) is 6. The van der Waals surface area contributed by atoms with E-state index in [-0.39, 0.29) is 24.1 Å². The summed E-state index contributed by atoms with van der Waals surface area (Å²) >= 11 is 0. The molecule has 0 aliphatic heterocycles. The van der Waals surface area contributed by atoms with Crippen molar-refractivity contribution in [2.24, 2.45) is 16.2 Å². The van der Waals surface area contributed by atoms with Gasteiger partial charge in [-0.25, -0.2) is 9.18 Å². The number of halogens is 1. The lowest BCUT2D eigenvalue weighted by Gasteiger charge is -2.11. The van der Waals surface area contributed by atoms with Crippen LogP contribution >= 0.6 is 0 Å². The van der Waals surface area contributed by atoms with Gasteiger partial charge in [-0.15, -0.1) is 0 Å². The number of benzene rings is 2. The number of esters is 1. The fourth-order valence-corrected chi connectivity index (χ4v) is 3.65. The molecule has 0 N–H and O–H groups in total. The van der Waals surface area contributed by atoms with Crippen molar-refractivity contribution < 1.29 is 23.6 Å². The van der Waals surface area contributed by atoms with E-state index in [1.165, 1.54) is 20.3 Å². The maximum atomic E-state index is 13.5. The Morgan fingerprint density at radius 1 is 1.13 bits per heavy atom. The van der Waals surface area contributed by atoms with Crippen LogP contribution < -0.4 is 0 Å². The van der Waals surface area contributed by atoms with Gasteiger partial charge >= 0.3 is 5.97 Å². The van der Waals surface area contributed by atoms with Crippen molar-refractivity contribution in [2.45, 2.75) is 39.7 Å². The molecule has 6 nitrogen and oxygen atoms in total. The minimum absolute atomic E-state index is 0.0678. The lowest BCUT2D eigenvalue weighted by molar-refractivity contribution is -0.132. The molecule has 164 valence electrons. The molecule has 3 rings (SSSR count). The fourth-order valence-electron chi connectivity index (χ4n) is 3.65. The molecule has 2 aromatic carbocycles. The predicted octanol–water partition coefficient (Wildman–Crippen LogP) is 4.66. The third-order valence-corrected chi connectivity index (χ3v) is 5.44. The van der Waals surface area contributed by atoms with E-state index < -0.39 is 5.97 Å². The molecule has 0 heterocycles. The van der Waals surface area contributed by atoms with Crippen LogP contribution in [-0.2, 0) is 25.8 Å². The molecular weight excluding hydrogens is 399 g/mol. The fraction of sp³-hybridized carbons (Fsp3) is 0.375. The van der Waals surface area contributed by atoms with Crippen LogP contribution in [0.25, 0.3) is 0 Å². The van der Waals surface area contributed by atoms with Crippen molar-refractivity contribution in [3.05, 3.63) is 70.0 Å². The largest absolute Gasteiger partial charge is 0.464 e. The number of rotatable bonds is 8. The predicted molar refractivity (Wildman–Crippen MR) is 117 cm³/mol. The first-order valence-electron chi connectivity index (χ1n) is 10.1. The highest BCUT2D eigenvalue weighted by atomic mass is 19.1. The summed E-state index contributed by atoms with van der Waals surface area (Å²) in [7, 11) is 2.66. The zero-order valence-corrected chi connectivity index (χ0v) is 18.4. The van der Waals surface area contributed by atoms with Crippen molar-refractivity contribution in [2.75, 3.05) is 14.2 Å². The van der Waals surface area contributed by atoms with Gasteiger partial charge in [-0.05, 0) is 50.3 Å². The highest BCUT2D eigenvalue weighted by Gasteiger charge is 2.41. The SMILES string of the molecule is CO/N=C(/C(=O)OC)c1ccc(C)cc1CO/N=C(/C)C1CC1c1ccc(F)c(C)c1. The summed E-state index contributed by atoms with van der Waals surface area (Å²) in [4.78, 5) is 22.6. The van der Waals surface area contributed by atoms with Crippen LogP contribution in [0.4, 0.5) is 4.39 Å². The first kappa shape index (κ1) is 22.5. The Labute approximate surface area is 181 Å². The molecule has 2 atom stereocenters. The normalized spacial score (nSPS) is 18.5. The molecule has 0 aromatic heterocycles. The van der Waals surface area contributed by atoms with Crippen LogP contribution in [0.3, 0.4) is 0 Å². The van der Waals surface area contributed by atoms with Gasteiger partial charge in [0.05, 0.1) is 12.8 Å². The Hall–Kier alpha value is -3.22. The van der Waals surface area contributed by atoms with Crippen LogP contribution in [0.15, 0.2) is 46.7 Å². The highest BCUT2D eigenvalue weighted by molar-refractivity contribution is 6.43. The monoisotopic (exact) mass is 426 g/mol. The van der Waals surface area contributed by atoms with Gasteiger partial charge in [0.2, 0.25) is 0 Å². The second-order valence-electron chi connectivity index (χ2n) is 7.74. The van der Waals surface area contributed by atoms with Crippen molar-refractivity contribution in [1.29, 1.82) is 0 Å². The Kier molecular flexibility index (Phi) is 7.05. The molecule has 0 radical (unpaired) electrons. The van der Waals surface area contributed by atoms with E-state index in [0.717, 1.165) is 28.8 Å². The van der Waals surface area contributed by atoms with Gasteiger partial charge in [0.15, 0.2) is 5.71 Å². The molecule has 1 saturated carbocycles. The van der Waals surface area contributed by atoms with Crippen molar-refractivity contribution in [1.82, 2.24) is 0 Å². The smallest absolute Gasteiger partial charge is 0.360 e. The van der Waals surface area contributed by atoms with E-state index >= 15 is 0 Å². The highest BCUT2D eigenvalue weighted by Crippen LogP contribution is 2.48. The maximum absolute atomic E-state index is 13.5. The topological polar surface area (TPSA) is 69.5 Å². The first-order valence-corrected chi connectivity index (χ1v) is 10.1. The second kappa shape index (κ2) is 9.73. The molecule has 0 amide bonds. The molecule has 0 spiro atoms. The van der Waals surface area contributed by atoms with Gasteiger partial charge in [0, 0.05) is 17.0 Å². The summed E-state index contributed by atoms with van der Waals surface area (Å²) in [6, 6.07) is 10.8. The van der Waals surface area contributed by atoms with Gasteiger partial charge in [0.25, 0.3) is 0 Å². The Morgan fingerprint density at radius 3 is 2.58 bits per heavy atom. The van der Waals surface area contributed by atoms with Gasteiger partial charge < -0.3 is 14.4 Å². The number of hydrogen-bond donors (Lipinski definition) is 0. The van der Waals surface area contributed by atoms with E-state index in [0.29, 0.717) is 17.0 Å². The van der Waals surface area contributed by atoms with E-state index in [9.17, 15) is 9.18 Å². The zero-order valence-electron chi connectivity index (χ0n) is 18.4. The van der Waals surface area contributed by atoms with Gasteiger partial charge in [-0.2, -0.15) is 0 Å². The molecule has 7 heteroatoms. The van der Waals surface area contributed by atoms with Crippen LogP contribution in [0.2, 0.25) is 0 Å². The first-order chi connectivity index (χ1) is 14.8. The zero-order chi connectivity index (χ0) is 22.5. The minimum Gasteiger partial charge on any atom is -0.464 e. The molecule has 1 fully saturated rings. The van der Waals surface area contributed by atoms with Crippen molar-refractivity contribution >= 4 is 17.4 Å². The summed E-state index contributed by atoms with van der Waals surface area (Å²) in [6.45, 7) is 5.83. The maximum Gasteiger partial charge on any atom is 0.360 e. The number of carbonyl (C=O) groups excluding carboxylic acids is 1. The quantitative estimate of drug-likeness (QED) is 0.350. The molecule has 1 aliphatic carbocycles. The molecule has 0 saturated heterocycles. The standard InChI is InChI=1S/C24H27FN2O4/c1-14-6-8-19(23(27-30-5)24(28)29-4)18(10-14)13-31-26-16(3)20-12-21(20)17-7-9-22(25)15(2)11-17/h6-11,20-21H,12-13H2,1-5H3/b26-16-,27-23+. The van der Waals surface area contributed by atoms with Crippen molar-refractivity contribution in [3.8, 4) is 0 Å². The summed E-state index contributed by atoms with van der Waals surface area (Å²) in [5.41, 5.74) is 5.06. The van der Waals surface area contributed by atoms with Crippen LogP contribution in [-0.4, -0.2) is 31.6 Å². The third-order valence-electron chi connectivity index (χ3n) is 5.44.